The number of nitrogens with zero attached hydrogens (tertiary/aromatic N) is 2. The number of hydrogen-bond donors (Lipinski definition) is 1. The van der Waals surface area contributed by atoms with Crippen LogP contribution >= 0.6 is 0 Å². The van der Waals surface area contributed by atoms with E-state index in [0.29, 0.717) is 23.5 Å². The molecular weight excluding hydrogens is 263 g/mol. The third-order valence-electron chi connectivity index (χ3n) is 2.70. The quantitative estimate of drug-likeness (QED) is 0.794. The Hall–Kier alpha value is -2.63. The topological polar surface area (TPSA) is 68.4 Å². The van der Waals surface area contributed by atoms with Crippen molar-refractivity contribution in [2.24, 2.45) is 0 Å². The lowest BCUT2D eigenvalue weighted by atomic mass is 10.3. The average Bonchev–Trinajstić information content (AvgIpc) is 2.81. The van der Waals surface area contributed by atoms with Crippen LogP contribution in [-0.4, -0.2) is 21.7 Å². The molecule has 0 unspecified atom stereocenters. The van der Waals surface area contributed by atoms with Crippen LogP contribution in [0.1, 0.15) is 6.92 Å². The predicted octanol–water partition coefficient (Wildman–Crippen LogP) is 3.13. The van der Waals surface area contributed by atoms with Crippen molar-refractivity contribution in [3.8, 4) is 23.1 Å². The molecule has 1 aromatic carbocycles. The summed E-state index contributed by atoms with van der Waals surface area (Å²) in [5, 5.41) is 9.15. The van der Waals surface area contributed by atoms with Gasteiger partial charge in [-0.15, -0.1) is 0 Å². The lowest BCUT2D eigenvalue weighted by molar-refractivity contribution is 0.340. The minimum Gasteiger partial charge on any atom is -0.506 e. The number of benzene rings is 1. The van der Waals surface area contributed by atoms with E-state index in [1.54, 1.807) is 18.2 Å². The molecule has 102 valence electrons. The second-order valence-electron chi connectivity index (χ2n) is 4.11. The average molecular weight is 274 g/mol. The van der Waals surface area contributed by atoms with Crippen LogP contribution < -0.4 is 4.74 Å². The number of ether oxygens (including phenoxy) is 1. The van der Waals surface area contributed by atoms with Crippen molar-refractivity contribution in [3.05, 3.63) is 36.3 Å². The molecule has 20 heavy (non-hydrogen) atoms. The van der Waals surface area contributed by atoms with E-state index in [9.17, 15) is 4.39 Å². The number of aromatic nitrogens is 2. The van der Waals surface area contributed by atoms with E-state index in [4.69, 9.17) is 14.3 Å². The van der Waals surface area contributed by atoms with Crippen molar-refractivity contribution in [3.63, 3.8) is 0 Å². The Bertz CT molecular complexity index is 770. The molecule has 0 amide bonds. The Morgan fingerprint density at radius 2 is 2.20 bits per heavy atom. The zero-order chi connectivity index (χ0) is 14.1. The summed E-state index contributed by atoms with van der Waals surface area (Å²) in [6.07, 6.45) is 1.14. The van der Waals surface area contributed by atoms with Crippen molar-refractivity contribution in [2.45, 2.75) is 6.92 Å². The summed E-state index contributed by atoms with van der Waals surface area (Å²) in [5.74, 6) is -0.226. The molecule has 3 aromatic rings. The molecule has 0 bridgehead atoms. The third-order valence-corrected chi connectivity index (χ3v) is 2.70. The van der Waals surface area contributed by atoms with Crippen LogP contribution in [0.5, 0.6) is 11.5 Å². The Kier molecular flexibility index (Phi) is 2.98. The monoisotopic (exact) mass is 274 g/mol. The largest absolute Gasteiger partial charge is 0.506 e. The normalized spacial score (nSPS) is 10.9. The first kappa shape index (κ1) is 12.4. The number of rotatable bonds is 3. The Labute approximate surface area is 113 Å². The SMILES string of the molecule is CCOc1ccc2nc(-c3ncc(O)cc3F)oc2c1. The minimum atomic E-state index is -0.693. The molecule has 0 saturated carbocycles. The van der Waals surface area contributed by atoms with Gasteiger partial charge >= 0.3 is 0 Å². The molecule has 0 saturated heterocycles. The van der Waals surface area contributed by atoms with E-state index >= 15 is 0 Å². The predicted molar refractivity (Wildman–Crippen MR) is 70.0 cm³/mol. The summed E-state index contributed by atoms with van der Waals surface area (Å²) in [6.45, 7) is 2.42. The van der Waals surface area contributed by atoms with Crippen LogP contribution in [0.15, 0.2) is 34.9 Å². The first-order valence-electron chi connectivity index (χ1n) is 6.05. The van der Waals surface area contributed by atoms with Gasteiger partial charge in [0.25, 0.3) is 0 Å². The number of aromatic hydroxyl groups is 1. The number of halogens is 1. The first-order chi connectivity index (χ1) is 9.67. The van der Waals surface area contributed by atoms with E-state index in [1.807, 2.05) is 6.92 Å². The van der Waals surface area contributed by atoms with Gasteiger partial charge in [-0.1, -0.05) is 0 Å². The zero-order valence-corrected chi connectivity index (χ0v) is 10.6. The van der Waals surface area contributed by atoms with Gasteiger partial charge in [0.1, 0.15) is 17.0 Å². The number of pyridine rings is 1. The van der Waals surface area contributed by atoms with Gasteiger partial charge in [-0.05, 0) is 19.1 Å². The van der Waals surface area contributed by atoms with Crippen LogP contribution in [0.2, 0.25) is 0 Å². The van der Waals surface area contributed by atoms with Gasteiger partial charge in [0.2, 0.25) is 5.89 Å². The number of fused-ring (bicyclic) bond motifs is 1. The molecule has 0 aliphatic heterocycles. The van der Waals surface area contributed by atoms with Gasteiger partial charge in [-0.25, -0.2) is 14.4 Å². The van der Waals surface area contributed by atoms with Gasteiger partial charge in [0, 0.05) is 12.1 Å². The molecule has 0 fully saturated rings. The van der Waals surface area contributed by atoms with Gasteiger partial charge in [-0.2, -0.15) is 0 Å². The Morgan fingerprint density at radius 1 is 1.35 bits per heavy atom. The highest BCUT2D eigenvalue weighted by Crippen LogP contribution is 2.28. The van der Waals surface area contributed by atoms with E-state index in [0.717, 1.165) is 12.3 Å². The number of hydrogen-bond acceptors (Lipinski definition) is 5. The van der Waals surface area contributed by atoms with E-state index < -0.39 is 5.82 Å². The minimum absolute atomic E-state index is 0.0445. The van der Waals surface area contributed by atoms with Crippen LogP contribution in [0.25, 0.3) is 22.7 Å². The van der Waals surface area contributed by atoms with Crippen LogP contribution in [0.3, 0.4) is 0 Å². The van der Waals surface area contributed by atoms with Crippen LogP contribution in [0, 0.1) is 5.82 Å². The number of oxazole rings is 1. The van der Waals surface area contributed by atoms with Gasteiger partial charge in [0.15, 0.2) is 17.1 Å². The summed E-state index contributed by atoms with van der Waals surface area (Å²) < 4.78 is 24.6. The van der Waals surface area contributed by atoms with Gasteiger partial charge < -0.3 is 14.3 Å². The smallest absolute Gasteiger partial charge is 0.249 e. The standard InChI is InChI=1S/C14H11FN2O3/c1-2-19-9-3-4-11-12(6-9)20-14(17-11)13-10(15)5-8(18)7-16-13/h3-7,18H,2H2,1H3. The molecule has 6 heteroatoms. The molecule has 0 radical (unpaired) electrons. The maximum absolute atomic E-state index is 13.7. The fourth-order valence-electron chi connectivity index (χ4n) is 1.85. The summed E-state index contributed by atoms with van der Waals surface area (Å²) >= 11 is 0. The third kappa shape index (κ3) is 2.16. The van der Waals surface area contributed by atoms with Crippen LogP contribution in [-0.2, 0) is 0 Å². The summed E-state index contributed by atoms with van der Waals surface area (Å²) in [7, 11) is 0. The second-order valence-corrected chi connectivity index (χ2v) is 4.11. The molecule has 0 atom stereocenters. The molecule has 2 aromatic heterocycles. The zero-order valence-electron chi connectivity index (χ0n) is 10.6. The van der Waals surface area contributed by atoms with Crippen molar-refractivity contribution < 1.29 is 18.7 Å². The molecule has 3 rings (SSSR count). The summed E-state index contributed by atoms with van der Waals surface area (Å²) in [4.78, 5) is 7.96. The van der Waals surface area contributed by atoms with Gasteiger partial charge in [-0.3, -0.25) is 0 Å². The van der Waals surface area contributed by atoms with Crippen molar-refractivity contribution >= 4 is 11.1 Å². The first-order valence-corrected chi connectivity index (χ1v) is 6.05. The van der Waals surface area contributed by atoms with Crippen LogP contribution in [0.4, 0.5) is 4.39 Å². The van der Waals surface area contributed by atoms with Crippen molar-refractivity contribution in [1.29, 1.82) is 0 Å². The Morgan fingerprint density at radius 3 is 2.95 bits per heavy atom. The highest BCUT2D eigenvalue weighted by Gasteiger charge is 2.15. The summed E-state index contributed by atoms with van der Waals surface area (Å²) in [5.41, 5.74) is 1.02. The van der Waals surface area contributed by atoms with Gasteiger partial charge in [0.05, 0.1) is 12.8 Å². The lowest BCUT2D eigenvalue weighted by Crippen LogP contribution is -1.90. The van der Waals surface area contributed by atoms with E-state index in [1.165, 1.54) is 0 Å². The molecule has 1 N–H and O–H groups in total. The summed E-state index contributed by atoms with van der Waals surface area (Å²) in [6, 6.07) is 6.14. The maximum atomic E-state index is 13.7. The lowest BCUT2D eigenvalue weighted by Gasteiger charge is -2.00. The molecule has 0 aliphatic rings. The second kappa shape index (κ2) is 4.80. The van der Waals surface area contributed by atoms with E-state index in [2.05, 4.69) is 9.97 Å². The maximum Gasteiger partial charge on any atom is 0.249 e. The van der Waals surface area contributed by atoms with Crippen molar-refractivity contribution in [1.82, 2.24) is 9.97 Å². The van der Waals surface area contributed by atoms with E-state index in [-0.39, 0.29) is 17.3 Å². The molecular formula is C14H11FN2O3. The van der Waals surface area contributed by atoms with Crippen molar-refractivity contribution in [2.75, 3.05) is 6.61 Å². The fraction of sp³-hybridized carbons (Fsp3) is 0.143. The molecule has 5 nitrogen and oxygen atoms in total. The highest BCUT2D eigenvalue weighted by atomic mass is 19.1. The fourth-order valence-corrected chi connectivity index (χ4v) is 1.85. The Balaban J connectivity index is 2.08. The molecule has 0 spiro atoms. The molecule has 2 heterocycles. The molecule has 0 aliphatic carbocycles. The highest BCUT2D eigenvalue weighted by molar-refractivity contribution is 5.77.